The molecule has 0 bridgehead atoms. The van der Waals surface area contributed by atoms with Gasteiger partial charge in [0.1, 0.15) is 5.82 Å². The highest BCUT2D eigenvalue weighted by atomic mass is 16.1. The Morgan fingerprint density at radius 3 is 3.06 bits per heavy atom. The Balaban J connectivity index is 1.59. The third kappa shape index (κ3) is 3.34. The van der Waals surface area contributed by atoms with E-state index >= 15 is 0 Å². The Hall–Kier alpha value is -1.36. The number of nitrogens with zero attached hydrogens (tertiary/aromatic N) is 2. The van der Waals surface area contributed by atoms with Crippen LogP contribution in [0.4, 0.5) is 0 Å². The molecule has 2 rings (SSSR count). The van der Waals surface area contributed by atoms with Crippen LogP contribution in [0.5, 0.6) is 0 Å². The van der Waals surface area contributed by atoms with Gasteiger partial charge in [-0.3, -0.25) is 4.79 Å². The number of amides is 1. The van der Waals surface area contributed by atoms with Crippen LogP contribution in [0.1, 0.15) is 18.7 Å². The lowest BCUT2D eigenvalue weighted by atomic mass is 10.4. The van der Waals surface area contributed by atoms with Crippen LogP contribution in [0.3, 0.4) is 0 Å². The van der Waals surface area contributed by atoms with Gasteiger partial charge in [0.05, 0.1) is 6.54 Å². The number of aromatic nitrogens is 2. The lowest BCUT2D eigenvalue weighted by Gasteiger charge is -2.05. The Kier molecular flexibility index (Phi) is 3.56. The first-order valence-electron chi connectivity index (χ1n) is 5.72. The maximum Gasteiger partial charge on any atom is 0.233 e. The van der Waals surface area contributed by atoms with Gasteiger partial charge >= 0.3 is 0 Å². The summed E-state index contributed by atoms with van der Waals surface area (Å²) in [6.45, 7) is 1.08. The van der Waals surface area contributed by atoms with Crippen LogP contribution in [0.25, 0.3) is 0 Å². The van der Waals surface area contributed by atoms with Crippen LogP contribution in [0.15, 0.2) is 12.4 Å². The summed E-state index contributed by atoms with van der Waals surface area (Å²) >= 11 is 0. The quantitative estimate of drug-likeness (QED) is 0.702. The number of carbonyl (C=O) groups excluding carboxylic acids is 1. The van der Waals surface area contributed by atoms with Crippen molar-refractivity contribution in [1.29, 1.82) is 0 Å². The van der Waals surface area contributed by atoms with E-state index in [0.29, 0.717) is 19.1 Å². The monoisotopic (exact) mass is 222 g/mol. The molecule has 5 heteroatoms. The smallest absolute Gasteiger partial charge is 0.233 e. The largest absolute Gasteiger partial charge is 0.355 e. The summed E-state index contributed by atoms with van der Waals surface area (Å²) in [6.07, 6.45) is 6.87. The SMILES string of the molecule is Cn1ccnc1CCNC(=O)CNC1CC1. The number of hydrogen-bond acceptors (Lipinski definition) is 3. The van der Waals surface area contributed by atoms with E-state index in [0.717, 1.165) is 12.2 Å². The minimum Gasteiger partial charge on any atom is -0.355 e. The van der Waals surface area contributed by atoms with E-state index in [1.807, 2.05) is 17.8 Å². The van der Waals surface area contributed by atoms with Gasteiger partial charge < -0.3 is 15.2 Å². The molecule has 1 aliphatic rings. The third-order valence-corrected chi connectivity index (χ3v) is 2.72. The Bertz CT molecular complexity index is 357. The van der Waals surface area contributed by atoms with Gasteiger partial charge in [-0.2, -0.15) is 0 Å². The highest BCUT2D eigenvalue weighted by Crippen LogP contribution is 2.17. The molecule has 1 amide bonds. The summed E-state index contributed by atoms with van der Waals surface area (Å²) in [7, 11) is 1.96. The molecule has 2 N–H and O–H groups in total. The van der Waals surface area contributed by atoms with Gasteiger partial charge in [-0.05, 0) is 12.8 Å². The molecule has 0 radical (unpaired) electrons. The number of nitrogens with one attached hydrogen (secondary N) is 2. The van der Waals surface area contributed by atoms with Crippen molar-refractivity contribution in [3.63, 3.8) is 0 Å². The summed E-state index contributed by atoms with van der Waals surface area (Å²) in [5.74, 6) is 1.07. The standard InChI is InChI=1S/C11H18N4O/c1-15-7-6-12-10(15)4-5-13-11(16)8-14-9-2-3-9/h6-7,9,14H,2-5,8H2,1H3,(H,13,16). The topological polar surface area (TPSA) is 59.0 Å². The average Bonchev–Trinajstić information content (AvgIpc) is 3.01. The first kappa shape index (κ1) is 11.1. The second kappa shape index (κ2) is 5.12. The summed E-state index contributed by atoms with van der Waals surface area (Å²) in [4.78, 5) is 15.6. The number of imidazole rings is 1. The molecule has 0 aliphatic heterocycles. The molecular weight excluding hydrogens is 204 g/mol. The summed E-state index contributed by atoms with van der Waals surface area (Å²) in [5, 5.41) is 6.06. The molecule has 0 unspecified atom stereocenters. The van der Waals surface area contributed by atoms with Crippen molar-refractivity contribution in [2.75, 3.05) is 13.1 Å². The van der Waals surface area contributed by atoms with E-state index in [-0.39, 0.29) is 5.91 Å². The van der Waals surface area contributed by atoms with E-state index in [1.165, 1.54) is 12.8 Å². The number of carbonyl (C=O) groups is 1. The molecule has 1 aliphatic carbocycles. The molecular formula is C11H18N4O. The van der Waals surface area contributed by atoms with Crippen molar-refractivity contribution in [3.8, 4) is 0 Å². The van der Waals surface area contributed by atoms with Crippen LogP contribution in [0.2, 0.25) is 0 Å². The van der Waals surface area contributed by atoms with Crippen molar-refractivity contribution in [3.05, 3.63) is 18.2 Å². The van der Waals surface area contributed by atoms with Gasteiger partial charge in [-0.25, -0.2) is 4.98 Å². The van der Waals surface area contributed by atoms with Gasteiger partial charge in [0.25, 0.3) is 0 Å². The highest BCUT2D eigenvalue weighted by molar-refractivity contribution is 5.78. The lowest BCUT2D eigenvalue weighted by molar-refractivity contribution is -0.120. The maximum absolute atomic E-state index is 11.4. The minimum absolute atomic E-state index is 0.0705. The molecule has 0 aromatic carbocycles. The molecule has 0 atom stereocenters. The molecule has 1 saturated carbocycles. The van der Waals surface area contributed by atoms with Crippen molar-refractivity contribution in [1.82, 2.24) is 20.2 Å². The van der Waals surface area contributed by atoms with Gasteiger partial charge in [-0.15, -0.1) is 0 Å². The Morgan fingerprint density at radius 2 is 2.44 bits per heavy atom. The number of rotatable bonds is 6. The van der Waals surface area contributed by atoms with Gasteiger partial charge in [0.15, 0.2) is 0 Å². The van der Waals surface area contributed by atoms with Crippen LogP contribution in [-0.4, -0.2) is 34.6 Å². The van der Waals surface area contributed by atoms with Crippen molar-refractivity contribution in [2.24, 2.45) is 7.05 Å². The van der Waals surface area contributed by atoms with Crippen LogP contribution >= 0.6 is 0 Å². The van der Waals surface area contributed by atoms with Crippen molar-refractivity contribution < 1.29 is 4.79 Å². The molecule has 16 heavy (non-hydrogen) atoms. The predicted molar refractivity (Wildman–Crippen MR) is 60.9 cm³/mol. The third-order valence-electron chi connectivity index (χ3n) is 2.72. The zero-order chi connectivity index (χ0) is 11.4. The average molecular weight is 222 g/mol. The normalized spacial score (nSPS) is 15.1. The molecule has 88 valence electrons. The second-order valence-corrected chi connectivity index (χ2v) is 4.21. The molecule has 0 saturated heterocycles. The fraction of sp³-hybridized carbons (Fsp3) is 0.636. The van der Waals surface area contributed by atoms with Gasteiger partial charge in [0, 0.05) is 38.4 Å². The Morgan fingerprint density at radius 1 is 1.62 bits per heavy atom. The second-order valence-electron chi connectivity index (χ2n) is 4.21. The molecule has 1 aromatic heterocycles. The molecule has 5 nitrogen and oxygen atoms in total. The van der Waals surface area contributed by atoms with Crippen LogP contribution in [0, 0.1) is 0 Å². The molecule has 1 aromatic rings. The number of aryl methyl sites for hydroxylation is 1. The van der Waals surface area contributed by atoms with Crippen LogP contribution < -0.4 is 10.6 Å². The van der Waals surface area contributed by atoms with E-state index in [4.69, 9.17) is 0 Å². The van der Waals surface area contributed by atoms with Crippen molar-refractivity contribution >= 4 is 5.91 Å². The van der Waals surface area contributed by atoms with E-state index in [1.54, 1.807) is 6.20 Å². The van der Waals surface area contributed by atoms with Crippen molar-refractivity contribution in [2.45, 2.75) is 25.3 Å². The highest BCUT2D eigenvalue weighted by Gasteiger charge is 2.20. The van der Waals surface area contributed by atoms with Crippen LogP contribution in [-0.2, 0) is 18.3 Å². The molecule has 1 fully saturated rings. The molecule has 0 spiro atoms. The fourth-order valence-electron chi connectivity index (χ4n) is 1.54. The van der Waals surface area contributed by atoms with Gasteiger partial charge in [-0.1, -0.05) is 0 Å². The lowest BCUT2D eigenvalue weighted by Crippen LogP contribution is -2.36. The molecule has 1 heterocycles. The van der Waals surface area contributed by atoms with E-state index in [2.05, 4.69) is 15.6 Å². The zero-order valence-electron chi connectivity index (χ0n) is 9.57. The fourth-order valence-corrected chi connectivity index (χ4v) is 1.54. The first-order valence-corrected chi connectivity index (χ1v) is 5.72. The first-order chi connectivity index (χ1) is 7.75. The maximum atomic E-state index is 11.4. The minimum atomic E-state index is 0.0705. The number of hydrogen-bond donors (Lipinski definition) is 2. The summed E-state index contributed by atoms with van der Waals surface area (Å²) in [6, 6.07) is 0.584. The summed E-state index contributed by atoms with van der Waals surface area (Å²) < 4.78 is 1.97. The summed E-state index contributed by atoms with van der Waals surface area (Å²) in [5.41, 5.74) is 0. The van der Waals surface area contributed by atoms with Gasteiger partial charge in [0.2, 0.25) is 5.91 Å². The zero-order valence-corrected chi connectivity index (χ0v) is 9.57. The predicted octanol–water partition coefficient (Wildman–Crippen LogP) is -0.169. The van der Waals surface area contributed by atoms with E-state index in [9.17, 15) is 4.79 Å². The van der Waals surface area contributed by atoms with E-state index < -0.39 is 0 Å². The Labute approximate surface area is 95.2 Å².